The molecule has 0 aliphatic carbocycles. The minimum Gasteiger partial charge on any atom is -0.467 e. The highest BCUT2D eigenvalue weighted by molar-refractivity contribution is 5.95. The Balaban J connectivity index is 1.80. The normalized spacial score (nSPS) is 17.0. The maximum Gasteiger partial charge on any atom is 0.328 e. The molecule has 0 bridgehead atoms. The summed E-state index contributed by atoms with van der Waals surface area (Å²) in [4.78, 5) is 39.8. The summed E-state index contributed by atoms with van der Waals surface area (Å²) in [5, 5.41) is 1.16. The molecule has 6 nitrogen and oxygen atoms in total. The third-order valence-electron chi connectivity index (χ3n) is 5.47. The van der Waals surface area contributed by atoms with Gasteiger partial charge >= 0.3 is 5.97 Å². The number of nitrogens with zero attached hydrogens (tertiary/aromatic N) is 2. The number of likely N-dealkylation sites (tertiary alicyclic amines) is 1. The molecule has 144 valence electrons. The maximum absolute atomic E-state index is 13.2. The summed E-state index contributed by atoms with van der Waals surface area (Å²) >= 11 is 0. The van der Waals surface area contributed by atoms with Gasteiger partial charge in [0.25, 0.3) is 0 Å². The number of benzene rings is 2. The molecule has 1 aromatic heterocycles. The number of pyridine rings is 1. The van der Waals surface area contributed by atoms with Gasteiger partial charge in [-0.1, -0.05) is 24.3 Å². The Kier molecular flexibility index (Phi) is 4.86. The standard InChI is InChI=1S/C22H22N2O4/c1-28-22(27)19-12-6-7-13-23(19)20(25)14-24-17-10-4-2-8-15(17)21(26)16-9-3-5-11-18(16)24/h2-5,8-11,19H,6-7,12-14H2,1H3. The van der Waals surface area contributed by atoms with Crippen molar-refractivity contribution >= 4 is 33.7 Å². The van der Waals surface area contributed by atoms with E-state index in [4.69, 9.17) is 4.74 Å². The van der Waals surface area contributed by atoms with Crippen LogP contribution >= 0.6 is 0 Å². The highest BCUT2D eigenvalue weighted by atomic mass is 16.5. The Labute approximate surface area is 162 Å². The van der Waals surface area contributed by atoms with Crippen LogP contribution in [0.5, 0.6) is 0 Å². The first-order valence-electron chi connectivity index (χ1n) is 9.49. The quantitative estimate of drug-likeness (QED) is 0.519. The summed E-state index contributed by atoms with van der Waals surface area (Å²) < 4.78 is 6.77. The molecule has 3 aromatic rings. The van der Waals surface area contributed by atoms with Crippen molar-refractivity contribution < 1.29 is 14.3 Å². The van der Waals surface area contributed by atoms with E-state index in [0.29, 0.717) is 34.8 Å². The van der Waals surface area contributed by atoms with Crippen molar-refractivity contribution in [2.75, 3.05) is 13.7 Å². The zero-order valence-corrected chi connectivity index (χ0v) is 15.8. The number of piperidine rings is 1. The third kappa shape index (κ3) is 3.05. The van der Waals surface area contributed by atoms with Crippen LogP contribution in [-0.4, -0.2) is 41.0 Å². The molecule has 1 aliphatic heterocycles. The molecule has 1 saturated heterocycles. The molecule has 2 aromatic carbocycles. The fourth-order valence-corrected chi connectivity index (χ4v) is 4.08. The number of amides is 1. The van der Waals surface area contributed by atoms with E-state index in [1.54, 1.807) is 17.0 Å². The molecular formula is C22H22N2O4. The Morgan fingerprint density at radius 1 is 1.00 bits per heavy atom. The van der Waals surface area contributed by atoms with E-state index in [1.807, 2.05) is 41.0 Å². The number of hydrogen-bond donors (Lipinski definition) is 0. The average molecular weight is 378 g/mol. The number of para-hydroxylation sites is 2. The second kappa shape index (κ2) is 7.46. The highest BCUT2D eigenvalue weighted by Crippen LogP contribution is 2.22. The Hall–Kier alpha value is -3.15. The van der Waals surface area contributed by atoms with Crippen molar-refractivity contribution in [1.29, 1.82) is 0 Å². The number of carbonyl (C=O) groups is 2. The van der Waals surface area contributed by atoms with Crippen LogP contribution in [0.3, 0.4) is 0 Å². The lowest BCUT2D eigenvalue weighted by atomic mass is 10.0. The number of aromatic nitrogens is 1. The van der Waals surface area contributed by atoms with E-state index in [0.717, 1.165) is 12.8 Å². The van der Waals surface area contributed by atoms with Gasteiger partial charge in [0.05, 0.1) is 18.1 Å². The van der Waals surface area contributed by atoms with Crippen molar-refractivity contribution in [2.45, 2.75) is 31.8 Å². The number of rotatable bonds is 3. The predicted molar refractivity (Wildman–Crippen MR) is 107 cm³/mol. The van der Waals surface area contributed by atoms with Crippen LogP contribution in [0.1, 0.15) is 19.3 Å². The van der Waals surface area contributed by atoms with E-state index in [9.17, 15) is 14.4 Å². The summed E-state index contributed by atoms with van der Waals surface area (Å²) in [6.45, 7) is 0.601. The fourth-order valence-electron chi connectivity index (χ4n) is 4.08. The van der Waals surface area contributed by atoms with Gasteiger partial charge in [0.2, 0.25) is 5.91 Å². The largest absolute Gasteiger partial charge is 0.467 e. The van der Waals surface area contributed by atoms with Gasteiger partial charge in [-0.25, -0.2) is 4.79 Å². The molecular weight excluding hydrogens is 356 g/mol. The van der Waals surface area contributed by atoms with Gasteiger partial charge in [0.1, 0.15) is 12.6 Å². The lowest BCUT2D eigenvalue weighted by Gasteiger charge is -2.34. The van der Waals surface area contributed by atoms with E-state index < -0.39 is 6.04 Å². The van der Waals surface area contributed by atoms with E-state index >= 15 is 0 Å². The zero-order chi connectivity index (χ0) is 19.7. The van der Waals surface area contributed by atoms with Gasteiger partial charge in [0.15, 0.2) is 5.43 Å². The van der Waals surface area contributed by atoms with Crippen LogP contribution in [0.15, 0.2) is 53.3 Å². The Morgan fingerprint density at radius 3 is 2.21 bits per heavy atom. The third-order valence-corrected chi connectivity index (χ3v) is 5.47. The monoisotopic (exact) mass is 378 g/mol. The minimum absolute atomic E-state index is 0.0414. The second-order valence-corrected chi connectivity index (χ2v) is 7.07. The van der Waals surface area contributed by atoms with Gasteiger partial charge in [-0.3, -0.25) is 9.59 Å². The number of fused-ring (bicyclic) bond motifs is 2. The van der Waals surface area contributed by atoms with E-state index in [1.165, 1.54) is 7.11 Å². The molecule has 0 N–H and O–H groups in total. The zero-order valence-electron chi connectivity index (χ0n) is 15.8. The van der Waals surface area contributed by atoms with Gasteiger partial charge in [-0.2, -0.15) is 0 Å². The summed E-state index contributed by atoms with van der Waals surface area (Å²) in [6, 6.07) is 14.1. The smallest absolute Gasteiger partial charge is 0.328 e. The molecule has 0 saturated carbocycles. The molecule has 4 rings (SSSR count). The number of methoxy groups -OCH3 is 1. The molecule has 1 unspecified atom stereocenters. The molecule has 1 amide bonds. The van der Waals surface area contributed by atoms with Crippen LogP contribution in [0.25, 0.3) is 21.8 Å². The van der Waals surface area contributed by atoms with Crippen LogP contribution in [0.2, 0.25) is 0 Å². The average Bonchev–Trinajstić information content (AvgIpc) is 2.76. The van der Waals surface area contributed by atoms with Crippen molar-refractivity contribution in [1.82, 2.24) is 9.47 Å². The molecule has 28 heavy (non-hydrogen) atoms. The van der Waals surface area contributed by atoms with E-state index in [-0.39, 0.29) is 23.9 Å². The summed E-state index contributed by atoms with van der Waals surface area (Å²) in [5.74, 6) is -0.517. The molecule has 1 aliphatic rings. The van der Waals surface area contributed by atoms with Crippen LogP contribution < -0.4 is 5.43 Å². The SMILES string of the molecule is COC(=O)C1CCCCN1C(=O)Cn1c2ccccc2c(=O)c2ccccc21. The molecule has 1 fully saturated rings. The lowest BCUT2D eigenvalue weighted by molar-refractivity contribution is -0.154. The number of ether oxygens (including phenoxy) is 1. The minimum atomic E-state index is -0.539. The van der Waals surface area contributed by atoms with Crippen LogP contribution in [0.4, 0.5) is 0 Å². The van der Waals surface area contributed by atoms with Gasteiger partial charge in [-0.05, 0) is 43.5 Å². The highest BCUT2D eigenvalue weighted by Gasteiger charge is 2.33. The summed E-state index contributed by atoms with van der Waals surface area (Å²) in [7, 11) is 1.35. The predicted octanol–water partition coefficient (Wildman–Crippen LogP) is 2.71. The summed E-state index contributed by atoms with van der Waals surface area (Å²) in [5.41, 5.74) is 1.39. The molecule has 1 atom stereocenters. The molecule has 0 spiro atoms. The fraction of sp³-hybridized carbons (Fsp3) is 0.318. The second-order valence-electron chi connectivity index (χ2n) is 7.07. The van der Waals surface area contributed by atoms with Crippen molar-refractivity contribution in [2.24, 2.45) is 0 Å². The topological polar surface area (TPSA) is 68.6 Å². The van der Waals surface area contributed by atoms with Crippen molar-refractivity contribution in [3.63, 3.8) is 0 Å². The van der Waals surface area contributed by atoms with E-state index in [2.05, 4.69) is 0 Å². The van der Waals surface area contributed by atoms with Gasteiger partial charge in [-0.15, -0.1) is 0 Å². The molecule has 0 radical (unpaired) electrons. The van der Waals surface area contributed by atoms with Crippen LogP contribution in [-0.2, 0) is 20.9 Å². The Morgan fingerprint density at radius 2 is 1.61 bits per heavy atom. The van der Waals surface area contributed by atoms with Crippen LogP contribution in [0, 0.1) is 0 Å². The first-order valence-corrected chi connectivity index (χ1v) is 9.49. The number of esters is 1. The van der Waals surface area contributed by atoms with Gasteiger partial charge < -0.3 is 14.2 Å². The van der Waals surface area contributed by atoms with Gasteiger partial charge in [0, 0.05) is 17.3 Å². The van der Waals surface area contributed by atoms with Crippen molar-refractivity contribution in [3.05, 3.63) is 58.8 Å². The maximum atomic E-state index is 13.2. The number of hydrogen-bond acceptors (Lipinski definition) is 4. The molecule has 6 heteroatoms. The Bertz CT molecular complexity index is 1060. The lowest BCUT2D eigenvalue weighted by Crippen LogP contribution is -2.49. The molecule has 2 heterocycles. The first kappa shape index (κ1) is 18.2. The first-order chi connectivity index (χ1) is 13.6. The number of carbonyl (C=O) groups excluding carboxylic acids is 2. The summed E-state index contributed by atoms with van der Waals surface area (Å²) in [6.07, 6.45) is 2.38. The van der Waals surface area contributed by atoms with Crippen molar-refractivity contribution in [3.8, 4) is 0 Å².